The van der Waals surface area contributed by atoms with Crippen LogP contribution in [0.4, 0.5) is 16.8 Å². The largest absolute Gasteiger partial charge is 0.423 e. The van der Waals surface area contributed by atoms with Crippen molar-refractivity contribution in [1.82, 2.24) is 9.97 Å². The first-order chi connectivity index (χ1) is 11.0. The summed E-state index contributed by atoms with van der Waals surface area (Å²) < 4.78 is 6.82. The predicted octanol–water partition coefficient (Wildman–Crippen LogP) is 4.69. The number of hydrogen-bond donors (Lipinski definition) is 2. The van der Waals surface area contributed by atoms with E-state index in [1.165, 1.54) is 22.5 Å². The smallest absolute Gasteiger partial charge is 0.302 e. The van der Waals surface area contributed by atoms with Crippen LogP contribution in [0.5, 0.6) is 0 Å². The summed E-state index contributed by atoms with van der Waals surface area (Å²) in [6.07, 6.45) is 0. The highest BCUT2D eigenvalue weighted by molar-refractivity contribution is 7.22. The molecule has 116 valence electrons. The van der Waals surface area contributed by atoms with Crippen molar-refractivity contribution in [3.8, 4) is 0 Å². The fourth-order valence-electron chi connectivity index (χ4n) is 2.58. The summed E-state index contributed by atoms with van der Waals surface area (Å²) in [5.74, 6) is 0. The van der Waals surface area contributed by atoms with Gasteiger partial charge in [-0.3, -0.25) is 5.32 Å². The number of benzene rings is 2. The molecule has 0 radical (unpaired) electrons. The van der Waals surface area contributed by atoms with Gasteiger partial charge in [-0.1, -0.05) is 11.3 Å². The molecule has 0 bridgehead atoms. The van der Waals surface area contributed by atoms with Crippen LogP contribution in [0.25, 0.3) is 21.3 Å². The first-order valence-corrected chi connectivity index (χ1v) is 8.13. The van der Waals surface area contributed by atoms with Crippen LogP contribution >= 0.6 is 11.3 Å². The van der Waals surface area contributed by atoms with Gasteiger partial charge in [0.1, 0.15) is 11.0 Å². The molecule has 0 atom stereocenters. The molecule has 0 aliphatic rings. The van der Waals surface area contributed by atoms with Crippen LogP contribution in [0, 0.1) is 20.8 Å². The van der Waals surface area contributed by atoms with Crippen molar-refractivity contribution in [2.75, 3.05) is 11.1 Å². The maximum atomic E-state index is 6.04. The third-order valence-corrected chi connectivity index (χ3v) is 4.80. The van der Waals surface area contributed by atoms with Gasteiger partial charge in [-0.25, -0.2) is 4.98 Å². The molecule has 0 fully saturated rings. The Labute approximate surface area is 137 Å². The number of aromatic nitrogens is 2. The van der Waals surface area contributed by atoms with Gasteiger partial charge < -0.3 is 10.2 Å². The maximum Gasteiger partial charge on any atom is 0.302 e. The number of fused-ring (bicyclic) bond motifs is 2. The van der Waals surface area contributed by atoms with E-state index in [0.717, 1.165) is 32.0 Å². The average molecular weight is 324 g/mol. The second kappa shape index (κ2) is 4.96. The summed E-state index contributed by atoms with van der Waals surface area (Å²) in [7, 11) is 0. The molecule has 0 saturated heterocycles. The number of thiazole rings is 1. The Kier molecular flexibility index (Phi) is 3.02. The molecular weight excluding hydrogens is 308 g/mol. The summed E-state index contributed by atoms with van der Waals surface area (Å²) in [6.45, 7) is 6.15. The lowest BCUT2D eigenvalue weighted by atomic mass is 10.1. The van der Waals surface area contributed by atoms with E-state index in [0.29, 0.717) is 11.7 Å². The van der Waals surface area contributed by atoms with Crippen molar-refractivity contribution < 1.29 is 4.42 Å². The Hall–Kier alpha value is -2.60. The SMILES string of the molecule is Cc1cc(N)c2nc(Nc3nc4cc(C)c(C)cc4o3)sc2c1. The molecule has 2 aromatic carbocycles. The van der Waals surface area contributed by atoms with Crippen molar-refractivity contribution in [2.24, 2.45) is 0 Å². The summed E-state index contributed by atoms with van der Waals surface area (Å²) >= 11 is 1.53. The lowest BCUT2D eigenvalue weighted by Crippen LogP contribution is -1.90. The first-order valence-electron chi connectivity index (χ1n) is 7.31. The molecule has 2 aromatic heterocycles. The molecule has 0 spiro atoms. The zero-order valence-electron chi connectivity index (χ0n) is 13.1. The van der Waals surface area contributed by atoms with E-state index in [9.17, 15) is 0 Å². The Bertz CT molecular complexity index is 1010. The van der Waals surface area contributed by atoms with Gasteiger partial charge in [0.15, 0.2) is 10.7 Å². The van der Waals surface area contributed by atoms with Gasteiger partial charge >= 0.3 is 6.01 Å². The van der Waals surface area contributed by atoms with E-state index in [1.54, 1.807) is 0 Å². The molecule has 3 N–H and O–H groups in total. The van der Waals surface area contributed by atoms with E-state index >= 15 is 0 Å². The fraction of sp³-hybridized carbons (Fsp3) is 0.176. The monoisotopic (exact) mass is 324 g/mol. The van der Waals surface area contributed by atoms with Gasteiger partial charge in [0, 0.05) is 0 Å². The minimum atomic E-state index is 0.444. The second-order valence-corrected chi connectivity index (χ2v) is 6.80. The zero-order chi connectivity index (χ0) is 16.1. The Morgan fingerprint density at radius 3 is 2.65 bits per heavy atom. The number of hydrogen-bond acceptors (Lipinski definition) is 6. The Morgan fingerprint density at radius 1 is 1.04 bits per heavy atom. The molecule has 6 heteroatoms. The average Bonchev–Trinajstić information content (AvgIpc) is 3.03. The topological polar surface area (TPSA) is 77.0 Å². The quantitative estimate of drug-likeness (QED) is 0.523. The number of rotatable bonds is 2. The van der Waals surface area contributed by atoms with Crippen LogP contribution in [0.1, 0.15) is 16.7 Å². The normalized spacial score (nSPS) is 11.4. The van der Waals surface area contributed by atoms with Gasteiger partial charge in [-0.15, -0.1) is 0 Å². The van der Waals surface area contributed by atoms with Gasteiger partial charge in [0.25, 0.3) is 0 Å². The van der Waals surface area contributed by atoms with Gasteiger partial charge in [-0.05, 0) is 61.7 Å². The number of nitrogens with two attached hydrogens (primary N) is 1. The Morgan fingerprint density at radius 2 is 1.83 bits per heavy atom. The van der Waals surface area contributed by atoms with Crippen molar-refractivity contribution in [3.05, 3.63) is 41.0 Å². The van der Waals surface area contributed by atoms with Gasteiger partial charge in [0.2, 0.25) is 0 Å². The molecule has 2 heterocycles. The number of aryl methyl sites for hydroxylation is 3. The van der Waals surface area contributed by atoms with E-state index in [-0.39, 0.29) is 0 Å². The predicted molar refractivity (Wildman–Crippen MR) is 95.5 cm³/mol. The van der Waals surface area contributed by atoms with Crippen LogP contribution in [0.15, 0.2) is 28.7 Å². The molecule has 0 unspecified atom stereocenters. The van der Waals surface area contributed by atoms with Gasteiger partial charge in [-0.2, -0.15) is 4.98 Å². The fourth-order valence-corrected chi connectivity index (χ4v) is 3.57. The highest BCUT2D eigenvalue weighted by Crippen LogP contribution is 2.33. The molecule has 23 heavy (non-hydrogen) atoms. The molecule has 5 nitrogen and oxygen atoms in total. The van der Waals surface area contributed by atoms with E-state index in [4.69, 9.17) is 10.2 Å². The van der Waals surface area contributed by atoms with Crippen molar-refractivity contribution >= 4 is 49.5 Å². The van der Waals surface area contributed by atoms with Crippen LogP contribution < -0.4 is 11.1 Å². The molecule has 0 amide bonds. The lowest BCUT2D eigenvalue weighted by molar-refractivity contribution is 0.622. The molecule has 0 aliphatic heterocycles. The molecule has 4 rings (SSSR count). The summed E-state index contributed by atoms with van der Waals surface area (Å²) in [4.78, 5) is 9.01. The number of nitrogens with one attached hydrogen (secondary N) is 1. The molecular formula is C17H16N4OS. The van der Waals surface area contributed by atoms with Crippen LogP contribution in [0.2, 0.25) is 0 Å². The zero-order valence-corrected chi connectivity index (χ0v) is 13.9. The highest BCUT2D eigenvalue weighted by atomic mass is 32.1. The third-order valence-electron chi connectivity index (χ3n) is 3.89. The standard InChI is InChI=1S/C17H16N4OS/c1-8-4-11(18)15-14(5-8)23-17(20-15)21-16-19-12-6-9(2)10(3)7-13(12)22-16/h4-7H,18H2,1-3H3,(H,19,20,21). The minimum absolute atomic E-state index is 0.444. The van der Waals surface area contributed by atoms with Crippen LogP contribution in [-0.2, 0) is 0 Å². The second-order valence-electron chi connectivity index (χ2n) is 5.77. The summed E-state index contributed by atoms with van der Waals surface area (Å²) in [5, 5.41) is 3.86. The molecule has 4 aromatic rings. The molecule has 0 saturated carbocycles. The number of nitrogen functional groups attached to an aromatic ring is 1. The van der Waals surface area contributed by atoms with E-state index < -0.39 is 0 Å². The van der Waals surface area contributed by atoms with Crippen molar-refractivity contribution in [1.29, 1.82) is 0 Å². The van der Waals surface area contributed by atoms with Crippen molar-refractivity contribution in [2.45, 2.75) is 20.8 Å². The number of anilines is 3. The lowest BCUT2D eigenvalue weighted by Gasteiger charge is -1.96. The number of nitrogens with zero attached hydrogens (tertiary/aromatic N) is 2. The van der Waals surface area contributed by atoms with Gasteiger partial charge in [0.05, 0.1) is 10.4 Å². The van der Waals surface area contributed by atoms with Crippen LogP contribution in [-0.4, -0.2) is 9.97 Å². The highest BCUT2D eigenvalue weighted by Gasteiger charge is 2.12. The van der Waals surface area contributed by atoms with Crippen molar-refractivity contribution in [3.63, 3.8) is 0 Å². The summed E-state index contributed by atoms with van der Waals surface area (Å²) in [6, 6.07) is 8.48. The van der Waals surface area contributed by atoms with Crippen LogP contribution in [0.3, 0.4) is 0 Å². The van der Waals surface area contributed by atoms with E-state index in [1.807, 2.05) is 25.1 Å². The first kappa shape index (κ1) is 14.0. The third kappa shape index (κ3) is 2.41. The number of oxazole rings is 1. The maximum absolute atomic E-state index is 6.04. The minimum Gasteiger partial charge on any atom is -0.423 e. The Balaban J connectivity index is 1.74. The van der Waals surface area contributed by atoms with E-state index in [2.05, 4.69) is 35.2 Å². The summed E-state index contributed by atoms with van der Waals surface area (Å²) in [5.41, 5.74) is 12.6. The molecule has 0 aliphatic carbocycles.